The molecule has 2 heterocycles. The molecule has 0 aliphatic rings. The van der Waals surface area contributed by atoms with Gasteiger partial charge in [0.05, 0.1) is 6.33 Å². The summed E-state index contributed by atoms with van der Waals surface area (Å²) < 4.78 is 12.5. The standard InChI is InChI=1S/C5H4FN5O/c6-5-9-3-2(7-1-8-3)4(10-5)11-12/h1,12H,(H2,7,8,9,10,11). The van der Waals surface area contributed by atoms with Gasteiger partial charge < -0.3 is 4.98 Å². The molecule has 0 unspecified atom stereocenters. The normalized spacial score (nSPS) is 10.5. The Labute approximate surface area is 65.4 Å². The minimum atomic E-state index is -0.939. The van der Waals surface area contributed by atoms with Gasteiger partial charge in [-0.3, -0.25) is 10.7 Å². The van der Waals surface area contributed by atoms with Crippen LogP contribution in [0.3, 0.4) is 0 Å². The lowest BCUT2D eigenvalue weighted by Crippen LogP contribution is -1.99. The Kier molecular flexibility index (Phi) is 1.37. The number of fused-ring (bicyclic) bond motifs is 1. The van der Waals surface area contributed by atoms with Crippen LogP contribution in [-0.2, 0) is 0 Å². The average Bonchev–Trinajstić information content (AvgIpc) is 2.50. The third-order valence-electron chi connectivity index (χ3n) is 1.36. The second kappa shape index (κ2) is 2.38. The summed E-state index contributed by atoms with van der Waals surface area (Å²) in [5.74, 6) is -0.0324. The highest BCUT2D eigenvalue weighted by atomic mass is 19.1. The summed E-state index contributed by atoms with van der Waals surface area (Å²) in [5.41, 5.74) is 2.26. The highest BCUT2D eigenvalue weighted by Gasteiger charge is 2.07. The molecular weight excluding hydrogens is 165 g/mol. The first-order valence-electron chi connectivity index (χ1n) is 3.08. The Morgan fingerprint density at radius 3 is 3.08 bits per heavy atom. The van der Waals surface area contributed by atoms with Crippen LogP contribution in [0.1, 0.15) is 0 Å². The number of aromatic nitrogens is 4. The highest BCUT2D eigenvalue weighted by Crippen LogP contribution is 2.14. The van der Waals surface area contributed by atoms with Crippen molar-refractivity contribution in [3.63, 3.8) is 0 Å². The fourth-order valence-electron chi connectivity index (χ4n) is 0.888. The van der Waals surface area contributed by atoms with E-state index in [-0.39, 0.29) is 11.5 Å². The smallest absolute Gasteiger partial charge is 0.312 e. The Hall–Kier alpha value is -1.76. The van der Waals surface area contributed by atoms with E-state index in [4.69, 9.17) is 5.21 Å². The number of H-pyrrole nitrogens is 1. The van der Waals surface area contributed by atoms with Gasteiger partial charge in [0.15, 0.2) is 11.5 Å². The maximum Gasteiger partial charge on any atom is 0.312 e. The average molecular weight is 169 g/mol. The minimum absolute atomic E-state index is 0.0324. The lowest BCUT2D eigenvalue weighted by molar-refractivity contribution is 0.384. The van der Waals surface area contributed by atoms with Gasteiger partial charge in [-0.25, -0.2) is 4.98 Å². The van der Waals surface area contributed by atoms with Crippen LogP contribution in [0.2, 0.25) is 0 Å². The topological polar surface area (TPSA) is 86.7 Å². The number of nitrogens with zero attached hydrogens (tertiary/aromatic N) is 3. The molecule has 0 aliphatic carbocycles. The van der Waals surface area contributed by atoms with E-state index in [1.54, 1.807) is 5.48 Å². The molecular formula is C5H4FN5O. The van der Waals surface area contributed by atoms with E-state index in [0.717, 1.165) is 0 Å². The van der Waals surface area contributed by atoms with Gasteiger partial charge >= 0.3 is 6.08 Å². The number of halogens is 1. The Morgan fingerprint density at radius 2 is 2.33 bits per heavy atom. The molecule has 0 radical (unpaired) electrons. The van der Waals surface area contributed by atoms with Gasteiger partial charge in [0, 0.05) is 0 Å². The van der Waals surface area contributed by atoms with Crippen LogP contribution in [0.5, 0.6) is 0 Å². The number of aromatic amines is 1. The van der Waals surface area contributed by atoms with Crippen molar-refractivity contribution >= 4 is 17.0 Å². The molecule has 2 aromatic heterocycles. The fourth-order valence-corrected chi connectivity index (χ4v) is 0.888. The summed E-state index contributed by atoms with van der Waals surface area (Å²) in [4.78, 5) is 13.0. The van der Waals surface area contributed by atoms with Gasteiger partial charge in [0.25, 0.3) is 0 Å². The SMILES string of the molecule is ONc1nc(F)nc2nc[nH]c12. The van der Waals surface area contributed by atoms with Crippen LogP contribution in [0.15, 0.2) is 6.33 Å². The van der Waals surface area contributed by atoms with Gasteiger partial charge in [-0.1, -0.05) is 0 Å². The lowest BCUT2D eigenvalue weighted by Gasteiger charge is -1.96. The Morgan fingerprint density at radius 1 is 1.50 bits per heavy atom. The van der Waals surface area contributed by atoms with Gasteiger partial charge in [0.1, 0.15) is 5.52 Å². The number of imidazole rings is 1. The van der Waals surface area contributed by atoms with Gasteiger partial charge in [-0.05, 0) is 0 Å². The molecule has 0 bridgehead atoms. The molecule has 0 saturated carbocycles. The molecule has 2 aromatic rings. The molecule has 7 heteroatoms. The van der Waals surface area contributed by atoms with E-state index >= 15 is 0 Å². The van der Waals surface area contributed by atoms with Crippen LogP contribution in [0, 0.1) is 6.08 Å². The van der Waals surface area contributed by atoms with E-state index in [1.165, 1.54) is 6.33 Å². The summed E-state index contributed by atoms with van der Waals surface area (Å²) in [7, 11) is 0. The zero-order valence-corrected chi connectivity index (χ0v) is 5.74. The van der Waals surface area contributed by atoms with Crippen molar-refractivity contribution in [2.45, 2.75) is 0 Å². The summed E-state index contributed by atoms with van der Waals surface area (Å²) in [6, 6.07) is 0. The van der Waals surface area contributed by atoms with Crippen LogP contribution < -0.4 is 5.48 Å². The Bertz CT molecular complexity index is 413. The lowest BCUT2D eigenvalue weighted by atomic mass is 10.5. The fraction of sp³-hybridized carbons (Fsp3) is 0. The monoisotopic (exact) mass is 169 g/mol. The molecule has 62 valence electrons. The number of nitrogens with one attached hydrogen (secondary N) is 2. The second-order valence-electron chi connectivity index (χ2n) is 2.05. The number of hydrogen-bond acceptors (Lipinski definition) is 5. The number of hydrogen-bond donors (Lipinski definition) is 3. The van der Waals surface area contributed by atoms with Crippen molar-refractivity contribution < 1.29 is 9.60 Å². The molecule has 6 nitrogen and oxygen atoms in total. The van der Waals surface area contributed by atoms with E-state index in [2.05, 4.69) is 19.9 Å². The maximum absolute atomic E-state index is 12.5. The first kappa shape index (κ1) is 6.92. The van der Waals surface area contributed by atoms with Crippen LogP contribution in [-0.4, -0.2) is 25.1 Å². The van der Waals surface area contributed by atoms with Gasteiger partial charge in [-0.2, -0.15) is 14.4 Å². The third kappa shape index (κ3) is 0.873. The summed E-state index contributed by atoms with van der Waals surface area (Å²) in [6.45, 7) is 0. The van der Waals surface area contributed by atoms with E-state index in [0.29, 0.717) is 5.52 Å². The Balaban J connectivity index is 2.80. The first-order chi connectivity index (χ1) is 5.81. The molecule has 2 rings (SSSR count). The molecule has 0 aromatic carbocycles. The van der Waals surface area contributed by atoms with Gasteiger partial charge in [0.2, 0.25) is 0 Å². The second-order valence-corrected chi connectivity index (χ2v) is 2.05. The quantitative estimate of drug-likeness (QED) is 0.422. The molecule has 3 N–H and O–H groups in total. The molecule has 0 saturated heterocycles. The maximum atomic E-state index is 12.5. The highest BCUT2D eigenvalue weighted by molar-refractivity contribution is 5.81. The van der Waals surface area contributed by atoms with E-state index in [9.17, 15) is 4.39 Å². The predicted octanol–water partition coefficient (Wildman–Crippen LogP) is 0.293. The molecule has 0 aliphatic heterocycles. The molecule has 0 fully saturated rings. The molecule has 0 amide bonds. The van der Waals surface area contributed by atoms with Crippen molar-refractivity contribution in [1.29, 1.82) is 0 Å². The van der Waals surface area contributed by atoms with Crippen molar-refractivity contribution in [2.75, 3.05) is 5.48 Å². The van der Waals surface area contributed by atoms with Gasteiger partial charge in [-0.15, -0.1) is 0 Å². The third-order valence-corrected chi connectivity index (χ3v) is 1.36. The van der Waals surface area contributed by atoms with Crippen molar-refractivity contribution in [3.8, 4) is 0 Å². The summed E-state index contributed by atoms with van der Waals surface area (Å²) in [6.07, 6.45) is 0.394. The molecule has 0 atom stereocenters. The van der Waals surface area contributed by atoms with Crippen LogP contribution >= 0.6 is 0 Å². The van der Waals surface area contributed by atoms with Crippen molar-refractivity contribution in [3.05, 3.63) is 12.4 Å². The van der Waals surface area contributed by atoms with E-state index in [1.807, 2.05) is 0 Å². The minimum Gasteiger partial charge on any atom is -0.340 e. The van der Waals surface area contributed by atoms with Crippen molar-refractivity contribution in [1.82, 2.24) is 19.9 Å². The van der Waals surface area contributed by atoms with Crippen LogP contribution in [0.4, 0.5) is 10.2 Å². The van der Waals surface area contributed by atoms with Crippen LogP contribution in [0.25, 0.3) is 11.2 Å². The summed E-state index contributed by atoms with van der Waals surface area (Å²) >= 11 is 0. The molecule has 0 spiro atoms. The zero-order chi connectivity index (χ0) is 8.55. The molecule has 12 heavy (non-hydrogen) atoms. The summed E-state index contributed by atoms with van der Waals surface area (Å²) in [5, 5.41) is 8.52. The number of anilines is 1. The first-order valence-corrected chi connectivity index (χ1v) is 3.08. The predicted molar refractivity (Wildman–Crippen MR) is 37.1 cm³/mol. The van der Waals surface area contributed by atoms with Crippen molar-refractivity contribution in [2.24, 2.45) is 0 Å². The largest absolute Gasteiger partial charge is 0.340 e. The number of rotatable bonds is 1. The van der Waals surface area contributed by atoms with E-state index < -0.39 is 6.08 Å². The zero-order valence-electron chi connectivity index (χ0n) is 5.74.